The van der Waals surface area contributed by atoms with Crippen molar-refractivity contribution in [1.82, 2.24) is 0 Å². The van der Waals surface area contributed by atoms with Crippen molar-refractivity contribution in [3.8, 4) is 0 Å². The van der Waals surface area contributed by atoms with E-state index in [2.05, 4.69) is 5.32 Å². The Labute approximate surface area is 123 Å². The van der Waals surface area contributed by atoms with Gasteiger partial charge in [-0.05, 0) is 35.9 Å². The van der Waals surface area contributed by atoms with Crippen molar-refractivity contribution in [2.75, 3.05) is 11.6 Å². The third-order valence-electron chi connectivity index (χ3n) is 3.05. The van der Waals surface area contributed by atoms with E-state index in [1.54, 1.807) is 24.3 Å². The standard InChI is InChI=1S/C15H16N2O3S/c1-21(19,20)13-8-6-12(7-9-13)17-10-11-4-2-3-5-14(11)15(16)18/h2-9,17H,10H2,1H3,(H2,16,18). The fourth-order valence-corrected chi connectivity index (χ4v) is 2.56. The summed E-state index contributed by atoms with van der Waals surface area (Å²) >= 11 is 0. The molecule has 0 fully saturated rings. The van der Waals surface area contributed by atoms with E-state index in [0.717, 1.165) is 11.3 Å². The van der Waals surface area contributed by atoms with Crippen LogP contribution in [0.5, 0.6) is 0 Å². The van der Waals surface area contributed by atoms with Gasteiger partial charge in [0.25, 0.3) is 0 Å². The summed E-state index contributed by atoms with van der Waals surface area (Å²) in [5.41, 5.74) is 7.34. The Morgan fingerprint density at radius 3 is 2.29 bits per heavy atom. The molecule has 0 saturated heterocycles. The van der Waals surface area contributed by atoms with Gasteiger partial charge in [-0.1, -0.05) is 18.2 Å². The molecule has 2 aromatic rings. The second kappa shape index (κ2) is 5.97. The monoisotopic (exact) mass is 304 g/mol. The fraction of sp³-hybridized carbons (Fsp3) is 0.133. The molecule has 21 heavy (non-hydrogen) atoms. The summed E-state index contributed by atoms with van der Waals surface area (Å²) < 4.78 is 22.7. The number of carbonyl (C=O) groups excluding carboxylic acids is 1. The molecule has 0 aliphatic heterocycles. The van der Waals surface area contributed by atoms with Crippen molar-refractivity contribution in [3.05, 3.63) is 59.7 Å². The van der Waals surface area contributed by atoms with Gasteiger partial charge >= 0.3 is 0 Å². The number of rotatable bonds is 5. The molecule has 2 aromatic carbocycles. The Hall–Kier alpha value is -2.34. The predicted octanol–water partition coefficient (Wildman–Crippen LogP) is 1.80. The summed E-state index contributed by atoms with van der Waals surface area (Å²) in [5, 5.41) is 3.13. The summed E-state index contributed by atoms with van der Waals surface area (Å²) in [5.74, 6) is -0.472. The first-order valence-electron chi connectivity index (χ1n) is 6.29. The molecule has 3 N–H and O–H groups in total. The molecule has 110 valence electrons. The SMILES string of the molecule is CS(=O)(=O)c1ccc(NCc2ccccc2C(N)=O)cc1. The lowest BCUT2D eigenvalue weighted by Crippen LogP contribution is -2.15. The van der Waals surface area contributed by atoms with Crippen LogP contribution in [0.4, 0.5) is 5.69 Å². The van der Waals surface area contributed by atoms with Gasteiger partial charge in [-0.2, -0.15) is 0 Å². The molecule has 0 bridgehead atoms. The maximum absolute atomic E-state index is 11.4. The molecule has 5 nitrogen and oxygen atoms in total. The fourth-order valence-electron chi connectivity index (χ4n) is 1.93. The lowest BCUT2D eigenvalue weighted by atomic mass is 10.1. The van der Waals surface area contributed by atoms with Gasteiger partial charge in [0.15, 0.2) is 9.84 Å². The number of anilines is 1. The molecule has 0 unspecified atom stereocenters. The van der Waals surface area contributed by atoms with Crippen LogP contribution in [0.15, 0.2) is 53.4 Å². The summed E-state index contributed by atoms with van der Waals surface area (Å²) in [4.78, 5) is 11.6. The zero-order chi connectivity index (χ0) is 15.5. The van der Waals surface area contributed by atoms with Crippen LogP contribution in [0, 0.1) is 0 Å². The van der Waals surface area contributed by atoms with Crippen molar-refractivity contribution in [1.29, 1.82) is 0 Å². The van der Waals surface area contributed by atoms with E-state index in [-0.39, 0.29) is 4.90 Å². The van der Waals surface area contributed by atoms with Crippen molar-refractivity contribution >= 4 is 21.4 Å². The van der Waals surface area contributed by atoms with Crippen molar-refractivity contribution in [3.63, 3.8) is 0 Å². The molecule has 0 radical (unpaired) electrons. The van der Waals surface area contributed by atoms with Crippen LogP contribution in [0.2, 0.25) is 0 Å². The molecule has 0 spiro atoms. The van der Waals surface area contributed by atoms with Crippen molar-refractivity contribution < 1.29 is 13.2 Å². The molecular weight excluding hydrogens is 288 g/mol. The van der Waals surface area contributed by atoms with Crippen molar-refractivity contribution in [2.45, 2.75) is 11.4 Å². The zero-order valence-electron chi connectivity index (χ0n) is 11.5. The second-order valence-corrected chi connectivity index (χ2v) is 6.69. The van der Waals surface area contributed by atoms with Gasteiger partial charge in [0.05, 0.1) is 4.90 Å². The molecule has 0 aliphatic carbocycles. The van der Waals surface area contributed by atoms with E-state index < -0.39 is 15.7 Å². The number of carbonyl (C=O) groups is 1. The summed E-state index contributed by atoms with van der Waals surface area (Å²) in [6, 6.07) is 13.5. The number of hydrogen-bond donors (Lipinski definition) is 2. The summed E-state index contributed by atoms with van der Waals surface area (Å²) in [7, 11) is -3.19. The van der Waals surface area contributed by atoms with Crippen LogP contribution >= 0.6 is 0 Å². The lowest BCUT2D eigenvalue weighted by molar-refractivity contribution is 0.0999. The molecule has 2 rings (SSSR count). The number of hydrogen-bond acceptors (Lipinski definition) is 4. The van der Waals surface area contributed by atoms with Crippen LogP contribution in [0.25, 0.3) is 0 Å². The van der Waals surface area contributed by atoms with Gasteiger partial charge in [-0.15, -0.1) is 0 Å². The first kappa shape index (κ1) is 15.1. The minimum Gasteiger partial charge on any atom is -0.381 e. The molecule has 0 aromatic heterocycles. The van der Waals surface area contributed by atoms with E-state index in [1.807, 2.05) is 12.1 Å². The maximum atomic E-state index is 11.4. The second-order valence-electron chi connectivity index (χ2n) is 4.67. The number of benzene rings is 2. The maximum Gasteiger partial charge on any atom is 0.249 e. The highest BCUT2D eigenvalue weighted by molar-refractivity contribution is 7.90. The predicted molar refractivity (Wildman–Crippen MR) is 81.8 cm³/mol. The van der Waals surface area contributed by atoms with Crippen LogP contribution in [0.1, 0.15) is 15.9 Å². The molecule has 6 heteroatoms. The number of nitrogens with two attached hydrogens (primary N) is 1. The van der Waals surface area contributed by atoms with E-state index in [4.69, 9.17) is 5.73 Å². The lowest BCUT2D eigenvalue weighted by Gasteiger charge is -2.10. The highest BCUT2D eigenvalue weighted by Crippen LogP contribution is 2.16. The smallest absolute Gasteiger partial charge is 0.249 e. The Morgan fingerprint density at radius 1 is 1.10 bits per heavy atom. The van der Waals surface area contributed by atoms with Crippen molar-refractivity contribution in [2.24, 2.45) is 5.73 Å². The third kappa shape index (κ3) is 3.82. The van der Waals surface area contributed by atoms with Gasteiger partial charge in [0, 0.05) is 24.1 Å². The molecule has 0 aliphatic rings. The minimum atomic E-state index is -3.19. The minimum absolute atomic E-state index is 0.269. The van der Waals surface area contributed by atoms with Crippen LogP contribution in [-0.2, 0) is 16.4 Å². The number of primary amides is 1. The van der Waals surface area contributed by atoms with Crippen LogP contribution in [-0.4, -0.2) is 20.6 Å². The third-order valence-corrected chi connectivity index (χ3v) is 4.18. The number of nitrogens with one attached hydrogen (secondary N) is 1. The Balaban J connectivity index is 2.12. The molecule has 0 heterocycles. The quantitative estimate of drug-likeness (QED) is 0.881. The average molecular weight is 304 g/mol. The van der Waals surface area contributed by atoms with Gasteiger partial charge in [0.2, 0.25) is 5.91 Å². The first-order chi connectivity index (χ1) is 9.88. The van der Waals surface area contributed by atoms with Gasteiger partial charge < -0.3 is 11.1 Å². The van der Waals surface area contributed by atoms with E-state index in [0.29, 0.717) is 12.1 Å². The normalized spacial score (nSPS) is 11.1. The molecule has 0 saturated carbocycles. The zero-order valence-corrected chi connectivity index (χ0v) is 12.4. The van der Waals surface area contributed by atoms with Crippen LogP contribution < -0.4 is 11.1 Å². The van der Waals surface area contributed by atoms with E-state index >= 15 is 0 Å². The van der Waals surface area contributed by atoms with Gasteiger partial charge in [-0.25, -0.2) is 8.42 Å². The number of amides is 1. The Bertz CT molecular complexity index is 753. The molecule has 0 atom stereocenters. The Kier molecular flexibility index (Phi) is 4.28. The largest absolute Gasteiger partial charge is 0.381 e. The average Bonchev–Trinajstić information content (AvgIpc) is 2.45. The topological polar surface area (TPSA) is 89.3 Å². The number of sulfone groups is 1. The van der Waals surface area contributed by atoms with E-state index in [9.17, 15) is 13.2 Å². The highest BCUT2D eigenvalue weighted by Gasteiger charge is 2.08. The Morgan fingerprint density at radius 2 is 1.71 bits per heavy atom. The van der Waals surface area contributed by atoms with Gasteiger partial charge in [-0.3, -0.25) is 4.79 Å². The molecule has 1 amide bonds. The summed E-state index contributed by atoms with van der Waals surface area (Å²) in [6.45, 7) is 0.428. The first-order valence-corrected chi connectivity index (χ1v) is 8.19. The summed E-state index contributed by atoms with van der Waals surface area (Å²) in [6.07, 6.45) is 1.17. The van der Waals surface area contributed by atoms with E-state index in [1.165, 1.54) is 18.4 Å². The molecular formula is C15H16N2O3S. The van der Waals surface area contributed by atoms with Gasteiger partial charge in [0.1, 0.15) is 0 Å². The van der Waals surface area contributed by atoms with Crippen LogP contribution in [0.3, 0.4) is 0 Å². The highest BCUT2D eigenvalue weighted by atomic mass is 32.2.